The van der Waals surface area contributed by atoms with Crippen molar-refractivity contribution >= 4 is 0 Å². The first-order chi connectivity index (χ1) is 4.66. The van der Waals surface area contributed by atoms with Gasteiger partial charge in [0.1, 0.15) is 0 Å². The van der Waals surface area contributed by atoms with Crippen molar-refractivity contribution in [2.24, 2.45) is 16.1 Å². The summed E-state index contributed by atoms with van der Waals surface area (Å²) in [4.78, 5) is 0. The number of nitrogens with zero attached hydrogens (tertiary/aromatic N) is 2. The first kappa shape index (κ1) is 9.60. The van der Waals surface area contributed by atoms with Crippen LogP contribution in [0, 0.1) is 5.92 Å². The monoisotopic (exact) mass is 142 g/mol. The Morgan fingerprint density at radius 3 is 2.20 bits per heavy atom. The van der Waals surface area contributed by atoms with Gasteiger partial charge < -0.3 is 0 Å². The zero-order valence-electron chi connectivity index (χ0n) is 7.46. The van der Waals surface area contributed by atoms with Crippen LogP contribution in [0.25, 0.3) is 0 Å². The summed E-state index contributed by atoms with van der Waals surface area (Å²) in [5.41, 5.74) is 0. The quantitative estimate of drug-likeness (QED) is 0.539. The van der Waals surface area contributed by atoms with E-state index < -0.39 is 0 Å². The van der Waals surface area contributed by atoms with Gasteiger partial charge in [0.25, 0.3) is 0 Å². The highest BCUT2D eigenvalue weighted by molar-refractivity contribution is 4.53. The maximum absolute atomic E-state index is 4.11. The van der Waals surface area contributed by atoms with Crippen molar-refractivity contribution in [3.63, 3.8) is 0 Å². The van der Waals surface area contributed by atoms with Gasteiger partial charge in [-0.3, -0.25) is 0 Å². The van der Waals surface area contributed by atoms with Crippen molar-refractivity contribution in [1.29, 1.82) is 0 Å². The fourth-order valence-corrected chi connectivity index (χ4v) is 0.431. The smallest absolute Gasteiger partial charge is 0.0677 e. The minimum absolute atomic E-state index is 0.402. The normalized spacial score (nSPS) is 14.9. The second-order valence-electron chi connectivity index (χ2n) is 3.09. The number of hydrogen-bond donors (Lipinski definition) is 0. The summed E-state index contributed by atoms with van der Waals surface area (Å²) in [7, 11) is 0. The molecule has 0 fully saturated rings. The van der Waals surface area contributed by atoms with E-state index in [9.17, 15) is 0 Å². The van der Waals surface area contributed by atoms with Gasteiger partial charge in [0.15, 0.2) is 0 Å². The Labute approximate surface area is 63.7 Å². The molecule has 0 amide bonds. The molecule has 0 aliphatic carbocycles. The molecule has 60 valence electrons. The Morgan fingerprint density at radius 2 is 1.80 bits per heavy atom. The first-order valence-electron chi connectivity index (χ1n) is 4.03. The van der Waals surface area contributed by atoms with Crippen molar-refractivity contribution in [1.82, 2.24) is 0 Å². The molecule has 0 aromatic carbocycles. The third-order valence-electron chi connectivity index (χ3n) is 1.32. The van der Waals surface area contributed by atoms with Crippen LogP contribution in [0.15, 0.2) is 10.2 Å². The maximum Gasteiger partial charge on any atom is 0.0677 e. The van der Waals surface area contributed by atoms with Crippen LogP contribution in [0.4, 0.5) is 0 Å². The molecule has 0 heterocycles. The van der Waals surface area contributed by atoms with Crippen LogP contribution in [0.5, 0.6) is 0 Å². The van der Waals surface area contributed by atoms with E-state index >= 15 is 0 Å². The zero-order valence-corrected chi connectivity index (χ0v) is 7.46. The minimum atomic E-state index is 0.402. The molecule has 0 N–H and O–H groups in total. The Hall–Kier alpha value is -0.400. The lowest BCUT2D eigenvalue weighted by Gasteiger charge is -1.99. The molecule has 0 saturated carbocycles. The van der Waals surface area contributed by atoms with Gasteiger partial charge in [-0.1, -0.05) is 20.8 Å². The summed E-state index contributed by atoms with van der Waals surface area (Å²) >= 11 is 0. The van der Waals surface area contributed by atoms with E-state index in [2.05, 4.69) is 37.9 Å². The Morgan fingerprint density at radius 1 is 1.20 bits per heavy atom. The van der Waals surface area contributed by atoms with Crippen LogP contribution in [-0.4, -0.2) is 12.6 Å². The van der Waals surface area contributed by atoms with Gasteiger partial charge in [-0.05, 0) is 19.3 Å². The van der Waals surface area contributed by atoms with Crippen molar-refractivity contribution in [2.75, 3.05) is 6.54 Å². The van der Waals surface area contributed by atoms with Crippen LogP contribution < -0.4 is 0 Å². The van der Waals surface area contributed by atoms with Crippen LogP contribution in [-0.2, 0) is 0 Å². The maximum atomic E-state index is 4.11. The molecule has 0 radical (unpaired) electrons. The van der Waals surface area contributed by atoms with E-state index in [1.165, 1.54) is 0 Å². The van der Waals surface area contributed by atoms with Crippen LogP contribution >= 0.6 is 0 Å². The highest BCUT2D eigenvalue weighted by Crippen LogP contribution is 1.98. The van der Waals surface area contributed by atoms with Gasteiger partial charge in [-0.2, -0.15) is 10.2 Å². The number of rotatable bonds is 4. The molecule has 1 atom stereocenters. The van der Waals surface area contributed by atoms with E-state index in [-0.39, 0.29) is 0 Å². The molecule has 2 nitrogen and oxygen atoms in total. The van der Waals surface area contributed by atoms with Crippen LogP contribution in [0.2, 0.25) is 0 Å². The summed E-state index contributed by atoms with van der Waals surface area (Å²) in [6, 6.07) is 0.402. The molecule has 0 spiro atoms. The van der Waals surface area contributed by atoms with Crippen LogP contribution in [0.3, 0.4) is 0 Å². The molecule has 0 aliphatic rings. The average molecular weight is 142 g/mol. The molecule has 2 heteroatoms. The average Bonchev–Trinajstić information content (AvgIpc) is 1.87. The fraction of sp³-hybridized carbons (Fsp3) is 1.00. The molecule has 0 aromatic rings. The van der Waals surface area contributed by atoms with Gasteiger partial charge in [-0.15, -0.1) is 0 Å². The van der Waals surface area contributed by atoms with Crippen molar-refractivity contribution in [3.05, 3.63) is 0 Å². The SMILES string of the molecule is CCC(C)N=NCC(C)C. The standard InChI is InChI=1S/C8H18N2/c1-5-8(4)10-9-6-7(2)3/h7-8H,5-6H2,1-4H3. The predicted molar refractivity (Wildman–Crippen MR) is 44.3 cm³/mol. The lowest BCUT2D eigenvalue weighted by molar-refractivity contribution is 0.597. The summed E-state index contributed by atoms with van der Waals surface area (Å²) in [5, 5.41) is 8.17. The summed E-state index contributed by atoms with van der Waals surface area (Å²) < 4.78 is 0. The topological polar surface area (TPSA) is 24.7 Å². The van der Waals surface area contributed by atoms with Gasteiger partial charge in [0.2, 0.25) is 0 Å². The van der Waals surface area contributed by atoms with Crippen molar-refractivity contribution in [3.8, 4) is 0 Å². The molecule has 0 bridgehead atoms. The highest BCUT2D eigenvalue weighted by atomic mass is 15.1. The van der Waals surface area contributed by atoms with Crippen molar-refractivity contribution in [2.45, 2.75) is 40.2 Å². The lowest BCUT2D eigenvalue weighted by Crippen LogP contribution is -1.95. The zero-order chi connectivity index (χ0) is 7.98. The molecular weight excluding hydrogens is 124 g/mol. The summed E-state index contributed by atoms with van der Waals surface area (Å²) in [5.74, 6) is 0.632. The second-order valence-corrected chi connectivity index (χ2v) is 3.09. The molecule has 1 unspecified atom stereocenters. The summed E-state index contributed by atoms with van der Waals surface area (Å²) in [6.07, 6.45) is 1.08. The predicted octanol–water partition coefficient (Wildman–Crippen LogP) is 2.89. The van der Waals surface area contributed by atoms with E-state index in [0.717, 1.165) is 13.0 Å². The van der Waals surface area contributed by atoms with Gasteiger partial charge in [0, 0.05) is 0 Å². The van der Waals surface area contributed by atoms with E-state index in [1.54, 1.807) is 0 Å². The molecular formula is C8H18N2. The van der Waals surface area contributed by atoms with Crippen LogP contribution in [0.1, 0.15) is 34.1 Å². The van der Waals surface area contributed by atoms with E-state index in [1.807, 2.05) is 0 Å². The Kier molecular flexibility index (Phi) is 5.17. The van der Waals surface area contributed by atoms with E-state index in [0.29, 0.717) is 12.0 Å². The Balaban J connectivity index is 3.36. The molecule has 0 saturated heterocycles. The molecule has 0 rings (SSSR count). The largest absolute Gasteiger partial charge is 0.194 e. The fourth-order valence-electron chi connectivity index (χ4n) is 0.431. The third kappa shape index (κ3) is 5.73. The second kappa shape index (κ2) is 5.39. The number of azo groups is 1. The third-order valence-corrected chi connectivity index (χ3v) is 1.32. The first-order valence-corrected chi connectivity index (χ1v) is 4.03. The minimum Gasteiger partial charge on any atom is -0.194 e. The molecule has 0 aliphatic heterocycles. The Bertz CT molecular complexity index is 97.4. The highest BCUT2D eigenvalue weighted by Gasteiger charge is 1.93. The summed E-state index contributed by atoms with van der Waals surface area (Å²) in [6.45, 7) is 9.37. The van der Waals surface area contributed by atoms with E-state index in [4.69, 9.17) is 0 Å². The van der Waals surface area contributed by atoms with Gasteiger partial charge in [0.05, 0.1) is 12.6 Å². The number of hydrogen-bond acceptors (Lipinski definition) is 2. The van der Waals surface area contributed by atoms with Gasteiger partial charge >= 0.3 is 0 Å². The molecule has 10 heavy (non-hydrogen) atoms. The van der Waals surface area contributed by atoms with Crippen molar-refractivity contribution < 1.29 is 0 Å². The van der Waals surface area contributed by atoms with Gasteiger partial charge in [-0.25, -0.2) is 0 Å². The lowest BCUT2D eigenvalue weighted by atomic mass is 10.2. The molecule has 0 aromatic heterocycles.